The van der Waals surface area contributed by atoms with E-state index in [9.17, 15) is 0 Å². The van der Waals surface area contributed by atoms with Crippen molar-refractivity contribution in [2.24, 2.45) is 0 Å². The van der Waals surface area contributed by atoms with Gasteiger partial charge < -0.3 is 0 Å². The maximum absolute atomic E-state index is 2.24. The number of hydrogen-bond donors (Lipinski definition) is 0. The molecule has 1 aromatic rings. The molecule has 1 nitrogen and oxygen atoms in total. The predicted molar refractivity (Wildman–Crippen MR) is 71.3 cm³/mol. The minimum Gasteiger partial charge on any atom is -0.253 e. The summed E-state index contributed by atoms with van der Waals surface area (Å²) in [5, 5.41) is 0. The Morgan fingerprint density at radius 1 is 1.13 bits per heavy atom. The molecule has 1 aromatic carbocycles. The average molecular weight is 225 g/mol. The van der Waals surface area contributed by atoms with Crippen molar-refractivity contribution >= 4 is 11.9 Å². The van der Waals surface area contributed by atoms with Crippen molar-refractivity contribution in [3.63, 3.8) is 0 Å². The van der Waals surface area contributed by atoms with Crippen LogP contribution in [0.25, 0.3) is 0 Å². The molecule has 0 radical (unpaired) electrons. The van der Waals surface area contributed by atoms with Crippen LogP contribution >= 0.6 is 11.9 Å². The Bertz CT molecular complexity index is 258. The van der Waals surface area contributed by atoms with E-state index in [4.69, 9.17) is 0 Å². The summed E-state index contributed by atoms with van der Waals surface area (Å²) in [4.78, 5) is 1.32. The van der Waals surface area contributed by atoms with Crippen LogP contribution in [0.3, 0.4) is 0 Å². The number of aryl methyl sites for hydroxylation is 1. The minimum absolute atomic E-state index is 1.11. The second-order valence-corrected chi connectivity index (χ2v) is 5.00. The molecule has 0 unspecified atom stereocenters. The molecule has 0 saturated carbocycles. The molecule has 0 heterocycles. The van der Waals surface area contributed by atoms with Gasteiger partial charge in [0.15, 0.2) is 0 Å². The van der Waals surface area contributed by atoms with Crippen molar-refractivity contribution in [3.8, 4) is 0 Å². The van der Waals surface area contributed by atoms with Crippen LogP contribution in [0.5, 0.6) is 0 Å². The summed E-state index contributed by atoms with van der Waals surface area (Å²) >= 11 is 1.76. The van der Waals surface area contributed by atoms with Crippen molar-refractivity contribution in [3.05, 3.63) is 29.8 Å². The van der Waals surface area contributed by atoms with E-state index in [1.807, 2.05) is 0 Å². The third-order valence-corrected chi connectivity index (χ3v) is 2.42. The first-order valence-electron chi connectivity index (χ1n) is 5.58. The topological polar surface area (TPSA) is 3.24 Å². The summed E-state index contributed by atoms with van der Waals surface area (Å²) in [6, 6.07) is 8.67. The number of rotatable bonds is 3. The molecule has 0 aliphatic rings. The monoisotopic (exact) mass is 225 g/mol. The van der Waals surface area contributed by atoms with Gasteiger partial charge in [0.05, 0.1) is 0 Å². The second-order valence-electron chi connectivity index (χ2n) is 3.61. The van der Waals surface area contributed by atoms with E-state index in [-0.39, 0.29) is 0 Å². The van der Waals surface area contributed by atoms with Crippen molar-refractivity contribution in [2.45, 2.75) is 38.5 Å². The quantitative estimate of drug-likeness (QED) is 0.708. The van der Waals surface area contributed by atoms with Crippen LogP contribution in [0.4, 0.5) is 0 Å². The van der Waals surface area contributed by atoms with Gasteiger partial charge in [-0.2, -0.15) is 0 Å². The molecule has 0 aliphatic carbocycles. The van der Waals surface area contributed by atoms with Crippen LogP contribution in [0.2, 0.25) is 0 Å². The summed E-state index contributed by atoms with van der Waals surface area (Å²) in [6.45, 7) is 6.43. The highest BCUT2D eigenvalue weighted by Crippen LogP contribution is 2.20. The smallest absolute Gasteiger partial charge is 0.0232 e. The highest BCUT2D eigenvalue weighted by molar-refractivity contribution is 7.97. The van der Waals surface area contributed by atoms with Crippen molar-refractivity contribution in [1.29, 1.82) is 0 Å². The maximum Gasteiger partial charge on any atom is 0.0232 e. The third-order valence-electron chi connectivity index (χ3n) is 1.59. The Hall–Kier alpha value is -0.470. The first-order chi connectivity index (χ1) is 7.13. The van der Waals surface area contributed by atoms with Crippen molar-refractivity contribution in [2.75, 3.05) is 14.1 Å². The Balaban J connectivity index is 0.000000583. The molecule has 0 aliphatic heterocycles. The number of nitrogens with zero attached hydrogens (tertiary/aromatic N) is 1. The van der Waals surface area contributed by atoms with Crippen molar-refractivity contribution in [1.82, 2.24) is 4.31 Å². The van der Waals surface area contributed by atoms with E-state index in [1.54, 1.807) is 11.9 Å². The van der Waals surface area contributed by atoms with E-state index in [1.165, 1.54) is 16.9 Å². The molecule has 0 aromatic heterocycles. The zero-order chi connectivity index (χ0) is 11.7. The third kappa shape index (κ3) is 7.46. The van der Waals surface area contributed by atoms with Crippen LogP contribution < -0.4 is 0 Å². The van der Waals surface area contributed by atoms with Gasteiger partial charge >= 0.3 is 0 Å². The molecule has 0 amide bonds. The van der Waals surface area contributed by atoms with E-state index >= 15 is 0 Å². The zero-order valence-electron chi connectivity index (χ0n) is 10.6. The molecule has 2 heteroatoms. The lowest BCUT2D eigenvalue weighted by Gasteiger charge is -2.08. The molecule has 0 spiro atoms. The van der Waals surface area contributed by atoms with E-state index in [0.29, 0.717) is 0 Å². The normalized spacial score (nSPS) is 9.73. The fraction of sp³-hybridized carbons (Fsp3) is 0.538. The molecule has 15 heavy (non-hydrogen) atoms. The van der Waals surface area contributed by atoms with Gasteiger partial charge in [0.2, 0.25) is 0 Å². The van der Waals surface area contributed by atoms with E-state index in [2.05, 4.69) is 63.4 Å². The van der Waals surface area contributed by atoms with Gasteiger partial charge in [0, 0.05) is 4.90 Å². The van der Waals surface area contributed by atoms with Crippen LogP contribution in [0, 0.1) is 0 Å². The summed E-state index contributed by atoms with van der Waals surface area (Å²) in [7, 11) is 4.12. The summed E-state index contributed by atoms with van der Waals surface area (Å²) in [5.41, 5.74) is 1.40. The first kappa shape index (κ1) is 14.5. The first-order valence-corrected chi connectivity index (χ1v) is 6.35. The molecule has 0 saturated heterocycles. The van der Waals surface area contributed by atoms with Gasteiger partial charge in [-0.15, -0.1) is 0 Å². The molecule has 1 rings (SSSR count). The Morgan fingerprint density at radius 2 is 1.73 bits per heavy atom. The summed E-state index contributed by atoms with van der Waals surface area (Å²) in [5.74, 6) is 0. The van der Waals surface area contributed by atoms with Crippen LogP contribution in [-0.4, -0.2) is 18.4 Å². The lowest BCUT2D eigenvalue weighted by atomic mass is 10.2. The average Bonchev–Trinajstić information content (AvgIpc) is 2.18. The molecule has 0 N–H and O–H groups in total. The highest BCUT2D eigenvalue weighted by atomic mass is 32.2. The fourth-order valence-electron chi connectivity index (χ4n) is 1.03. The standard InChI is InChI=1S/C10H15NS.C3H8/c1-4-9-6-5-7-10(8-9)12-11(2)3;1-3-2/h5-8H,4H2,1-3H3;3H2,1-2H3. The van der Waals surface area contributed by atoms with Gasteiger partial charge in [-0.1, -0.05) is 39.3 Å². The molecular formula is C13H23NS. The molecule has 0 bridgehead atoms. The molecule has 86 valence electrons. The Morgan fingerprint density at radius 3 is 2.20 bits per heavy atom. The van der Waals surface area contributed by atoms with Gasteiger partial charge in [-0.25, -0.2) is 0 Å². The van der Waals surface area contributed by atoms with E-state index in [0.717, 1.165) is 6.42 Å². The van der Waals surface area contributed by atoms with Crippen LogP contribution in [-0.2, 0) is 6.42 Å². The lowest BCUT2D eigenvalue weighted by Crippen LogP contribution is -1.98. The van der Waals surface area contributed by atoms with Gasteiger partial charge in [-0.05, 0) is 50.2 Å². The largest absolute Gasteiger partial charge is 0.253 e. The summed E-state index contributed by atoms with van der Waals surface area (Å²) < 4.78 is 2.11. The predicted octanol–water partition coefficient (Wildman–Crippen LogP) is 4.23. The van der Waals surface area contributed by atoms with Crippen LogP contribution in [0.1, 0.15) is 32.8 Å². The zero-order valence-corrected chi connectivity index (χ0v) is 11.4. The lowest BCUT2D eigenvalue weighted by molar-refractivity contribution is 0.702. The van der Waals surface area contributed by atoms with Gasteiger partial charge in [-0.3, -0.25) is 4.31 Å². The molecule has 0 fully saturated rings. The van der Waals surface area contributed by atoms with Crippen LogP contribution in [0.15, 0.2) is 29.2 Å². The Kier molecular flexibility index (Phi) is 8.53. The Labute approximate surface area is 99.0 Å². The minimum atomic E-state index is 1.11. The summed E-state index contributed by atoms with van der Waals surface area (Å²) in [6.07, 6.45) is 2.36. The molecule has 0 atom stereocenters. The second kappa shape index (κ2) is 8.81. The molecular weight excluding hydrogens is 202 g/mol. The fourth-order valence-corrected chi connectivity index (χ4v) is 1.80. The maximum atomic E-state index is 2.24. The number of hydrogen-bond acceptors (Lipinski definition) is 2. The van der Waals surface area contributed by atoms with E-state index < -0.39 is 0 Å². The highest BCUT2D eigenvalue weighted by Gasteiger charge is 1.96. The SMILES string of the molecule is CCC.CCc1cccc(SN(C)C)c1. The van der Waals surface area contributed by atoms with Crippen molar-refractivity contribution < 1.29 is 0 Å². The van der Waals surface area contributed by atoms with Gasteiger partial charge in [0.25, 0.3) is 0 Å². The van der Waals surface area contributed by atoms with Gasteiger partial charge in [0.1, 0.15) is 0 Å². The number of benzene rings is 1.